The van der Waals surface area contributed by atoms with Gasteiger partial charge in [-0.2, -0.15) is 0 Å². The van der Waals surface area contributed by atoms with Gasteiger partial charge in [0.2, 0.25) is 0 Å². The number of nitrogens with zero attached hydrogens (tertiary/aromatic N) is 1. The van der Waals surface area contributed by atoms with Crippen LogP contribution in [0.4, 0.5) is 4.39 Å². The lowest BCUT2D eigenvalue weighted by atomic mass is 9.93. The normalized spacial score (nSPS) is 19.8. The zero-order valence-electron chi connectivity index (χ0n) is 11.5. The SMILES string of the molecule is COc1ccc(CN(C)C2CCCC(=O)C2)cc1F. The summed E-state index contributed by atoms with van der Waals surface area (Å²) in [5, 5.41) is 0. The van der Waals surface area contributed by atoms with Crippen LogP contribution >= 0.6 is 0 Å². The van der Waals surface area contributed by atoms with Crippen LogP contribution in [0.1, 0.15) is 31.2 Å². The Morgan fingerprint density at radius 1 is 1.47 bits per heavy atom. The summed E-state index contributed by atoms with van der Waals surface area (Å²) in [5.74, 6) is 0.261. The Bertz CT molecular complexity index is 461. The minimum Gasteiger partial charge on any atom is -0.494 e. The van der Waals surface area contributed by atoms with E-state index >= 15 is 0 Å². The lowest BCUT2D eigenvalue weighted by molar-refractivity contribution is -0.121. The number of carbonyl (C=O) groups is 1. The molecule has 1 aliphatic carbocycles. The van der Waals surface area contributed by atoms with Crippen molar-refractivity contribution in [3.05, 3.63) is 29.6 Å². The molecule has 0 bridgehead atoms. The molecule has 2 rings (SSSR count). The fraction of sp³-hybridized carbons (Fsp3) is 0.533. The van der Waals surface area contributed by atoms with Crippen molar-refractivity contribution >= 4 is 5.78 Å². The molecule has 1 fully saturated rings. The Hall–Kier alpha value is -1.42. The van der Waals surface area contributed by atoms with E-state index in [4.69, 9.17) is 4.74 Å². The number of ether oxygens (including phenoxy) is 1. The van der Waals surface area contributed by atoms with Gasteiger partial charge in [0.25, 0.3) is 0 Å². The minimum absolute atomic E-state index is 0.263. The van der Waals surface area contributed by atoms with Crippen LogP contribution in [0.3, 0.4) is 0 Å². The fourth-order valence-corrected chi connectivity index (χ4v) is 2.60. The van der Waals surface area contributed by atoms with E-state index in [1.807, 2.05) is 13.1 Å². The van der Waals surface area contributed by atoms with Crippen LogP contribution in [0.15, 0.2) is 18.2 Å². The Kier molecular flexibility index (Phi) is 4.53. The highest BCUT2D eigenvalue weighted by Crippen LogP contribution is 2.23. The third-order valence-corrected chi connectivity index (χ3v) is 3.73. The lowest BCUT2D eigenvalue weighted by Gasteiger charge is -2.30. The Morgan fingerprint density at radius 2 is 2.26 bits per heavy atom. The minimum atomic E-state index is -0.340. The predicted octanol–water partition coefficient (Wildman–Crippen LogP) is 2.78. The summed E-state index contributed by atoms with van der Waals surface area (Å²) in [6.07, 6.45) is 3.34. The summed E-state index contributed by atoms with van der Waals surface area (Å²) in [5.41, 5.74) is 0.902. The van der Waals surface area contributed by atoms with E-state index in [2.05, 4.69) is 4.90 Å². The number of benzene rings is 1. The number of halogens is 1. The first-order valence-electron chi connectivity index (χ1n) is 6.64. The predicted molar refractivity (Wildman–Crippen MR) is 71.7 cm³/mol. The molecule has 0 spiro atoms. The summed E-state index contributed by atoms with van der Waals surface area (Å²) < 4.78 is 18.5. The van der Waals surface area contributed by atoms with Gasteiger partial charge in [0.15, 0.2) is 11.6 Å². The van der Waals surface area contributed by atoms with Gasteiger partial charge < -0.3 is 4.74 Å². The maximum atomic E-state index is 13.6. The molecule has 0 heterocycles. The second kappa shape index (κ2) is 6.15. The third kappa shape index (κ3) is 3.53. The largest absolute Gasteiger partial charge is 0.494 e. The first kappa shape index (κ1) is 14.0. The summed E-state index contributed by atoms with van der Waals surface area (Å²) >= 11 is 0. The Balaban J connectivity index is 2.00. The summed E-state index contributed by atoms with van der Waals surface area (Å²) in [4.78, 5) is 13.6. The molecule has 1 unspecified atom stereocenters. The van der Waals surface area contributed by atoms with Crippen molar-refractivity contribution in [3.8, 4) is 5.75 Å². The molecule has 3 nitrogen and oxygen atoms in total. The van der Waals surface area contributed by atoms with Crippen molar-refractivity contribution in [2.45, 2.75) is 38.3 Å². The molecule has 0 saturated heterocycles. The molecule has 1 aliphatic rings. The standard InChI is InChI=1S/C15H20FNO2/c1-17(12-4-3-5-13(18)9-12)10-11-6-7-15(19-2)14(16)8-11/h6-8,12H,3-5,9-10H2,1-2H3. The zero-order chi connectivity index (χ0) is 13.8. The van der Waals surface area contributed by atoms with Crippen LogP contribution in [0.2, 0.25) is 0 Å². The molecule has 1 aromatic rings. The molecule has 0 aromatic heterocycles. The van der Waals surface area contributed by atoms with E-state index in [-0.39, 0.29) is 17.6 Å². The maximum Gasteiger partial charge on any atom is 0.165 e. The molecule has 0 N–H and O–H groups in total. The smallest absolute Gasteiger partial charge is 0.165 e. The van der Waals surface area contributed by atoms with Crippen LogP contribution in [0, 0.1) is 5.82 Å². The van der Waals surface area contributed by atoms with Gasteiger partial charge in [-0.05, 0) is 37.6 Å². The van der Waals surface area contributed by atoms with Gasteiger partial charge in [0.05, 0.1) is 7.11 Å². The fourth-order valence-electron chi connectivity index (χ4n) is 2.60. The molecule has 1 atom stereocenters. The second-order valence-electron chi connectivity index (χ2n) is 5.17. The molecule has 4 heteroatoms. The molecule has 0 amide bonds. The van der Waals surface area contributed by atoms with Crippen molar-refractivity contribution in [3.63, 3.8) is 0 Å². The molecular weight excluding hydrogens is 245 g/mol. The van der Waals surface area contributed by atoms with Crippen molar-refractivity contribution < 1.29 is 13.9 Å². The first-order chi connectivity index (χ1) is 9.10. The van der Waals surface area contributed by atoms with Crippen molar-refractivity contribution in [2.24, 2.45) is 0 Å². The first-order valence-corrected chi connectivity index (χ1v) is 6.64. The van der Waals surface area contributed by atoms with E-state index in [0.29, 0.717) is 25.2 Å². The monoisotopic (exact) mass is 265 g/mol. The Labute approximate surface area is 113 Å². The number of methoxy groups -OCH3 is 1. The van der Waals surface area contributed by atoms with Crippen molar-refractivity contribution in [2.75, 3.05) is 14.2 Å². The van der Waals surface area contributed by atoms with Gasteiger partial charge in [0, 0.05) is 25.4 Å². The topological polar surface area (TPSA) is 29.5 Å². The van der Waals surface area contributed by atoms with Crippen LogP contribution in [0.5, 0.6) is 5.75 Å². The summed E-state index contributed by atoms with van der Waals surface area (Å²) in [6.45, 7) is 0.652. The van der Waals surface area contributed by atoms with Crippen LogP contribution in [0.25, 0.3) is 0 Å². The van der Waals surface area contributed by atoms with E-state index in [0.717, 1.165) is 18.4 Å². The molecular formula is C15H20FNO2. The number of carbonyl (C=O) groups excluding carboxylic acids is 1. The van der Waals surface area contributed by atoms with Gasteiger partial charge in [-0.25, -0.2) is 4.39 Å². The van der Waals surface area contributed by atoms with Gasteiger partial charge in [-0.15, -0.1) is 0 Å². The number of hydrogen-bond acceptors (Lipinski definition) is 3. The highest BCUT2D eigenvalue weighted by molar-refractivity contribution is 5.79. The highest BCUT2D eigenvalue weighted by atomic mass is 19.1. The quantitative estimate of drug-likeness (QED) is 0.838. The summed E-state index contributed by atoms with van der Waals surface area (Å²) in [6, 6.07) is 5.29. The van der Waals surface area contributed by atoms with Gasteiger partial charge in [-0.3, -0.25) is 9.69 Å². The van der Waals surface area contributed by atoms with Crippen molar-refractivity contribution in [1.29, 1.82) is 0 Å². The van der Waals surface area contributed by atoms with Gasteiger partial charge >= 0.3 is 0 Å². The Morgan fingerprint density at radius 3 is 2.89 bits per heavy atom. The molecule has 0 aliphatic heterocycles. The molecule has 0 radical (unpaired) electrons. The highest BCUT2D eigenvalue weighted by Gasteiger charge is 2.23. The second-order valence-corrected chi connectivity index (χ2v) is 5.17. The molecule has 1 aromatic carbocycles. The molecule has 19 heavy (non-hydrogen) atoms. The van der Waals surface area contributed by atoms with E-state index in [1.54, 1.807) is 6.07 Å². The van der Waals surface area contributed by atoms with Crippen LogP contribution < -0.4 is 4.74 Å². The number of Topliss-reactive ketones (excluding diaryl/α,β-unsaturated/α-hetero) is 1. The van der Waals surface area contributed by atoms with E-state index in [9.17, 15) is 9.18 Å². The van der Waals surface area contributed by atoms with Crippen LogP contribution in [-0.2, 0) is 11.3 Å². The van der Waals surface area contributed by atoms with E-state index in [1.165, 1.54) is 13.2 Å². The summed E-state index contributed by atoms with van der Waals surface area (Å²) in [7, 11) is 3.45. The zero-order valence-corrected chi connectivity index (χ0v) is 11.5. The number of ketones is 1. The van der Waals surface area contributed by atoms with Gasteiger partial charge in [0.1, 0.15) is 5.78 Å². The third-order valence-electron chi connectivity index (χ3n) is 3.73. The lowest BCUT2D eigenvalue weighted by Crippen LogP contribution is -2.35. The number of hydrogen-bond donors (Lipinski definition) is 0. The van der Waals surface area contributed by atoms with E-state index < -0.39 is 0 Å². The van der Waals surface area contributed by atoms with Crippen molar-refractivity contribution in [1.82, 2.24) is 4.90 Å². The average molecular weight is 265 g/mol. The number of rotatable bonds is 4. The molecule has 104 valence electrons. The average Bonchev–Trinajstić information content (AvgIpc) is 2.39. The van der Waals surface area contributed by atoms with Crippen LogP contribution in [-0.4, -0.2) is 30.9 Å². The maximum absolute atomic E-state index is 13.6. The van der Waals surface area contributed by atoms with Gasteiger partial charge in [-0.1, -0.05) is 6.07 Å². The molecule has 1 saturated carbocycles.